The van der Waals surface area contributed by atoms with Crippen LogP contribution in [0.25, 0.3) is 0 Å². The van der Waals surface area contributed by atoms with Crippen molar-refractivity contribution in [3.05, 3.63) is 58.6 Å². The van der Waals surface area contributed by atoms with Gasteiger partial charge in [0.25, 0.3) is 0 Å². The summed E-state index contributed by atoms with van der Waals surface area (Å²) in [6.07, 6.45) is 0. The highest BCUT2D eigenvalue weighted by Crippen LogP contribution is 2.33. The first-order valence-electron chi connectivity index (χ1n) is 6.52. The Labute approximate surface area is 128 Å². The van der Waals surface area contributed by atoms with E-state index in [0.29, 0.717) is 16.4 Å². The number of halogens is 1. The van der Waals surface area contributed by atoms with Gasteiger partial charge < -0.3 is 15.7 Å². The number of nitrogen functional groups attached to an aromatic ring is 1. The molecule has 0 heterocycles. The van der Waals surface area contributed by atoms with Crippen LogP contribution in [0.5, 0.6) is 0 Å². The van der Waals surface area contributed by atoms with Gasteiger partial charge in [0.1, 0.15) is 0 Å². The van der Waals surface area contributed by atoms with Gasteiger partial charge in [-0.3, -0.25) is 0 Å². The van der Waals surface area contributed by atoms with Gasteiger partial charge in [0, 0.05) is 12.1 Å². The van der Waals surface area contributed by atoms with Crippen LogP contribution in [0.4, 0.5) is 11.4 Å². The average Bonchev–Trinajstić information content (AvgIpc) is 2.46. The molecule has 2 aromatic carbocycles. The van der Waals surface area contributed by atoms with Gasteiger partial charge in [-0.1, -0.05) is 29.8 Å². The molecule has 2 aromatic rings. The maximum Gasteiger partial charge on any atom is 0.335 e. The number of carboxylic acid groups (broad SMARTS) is 1. The molecule has 21 heavy (non-hydrogen) atoms. The SMILES string of the molecule is CC(c1ccccc1Cl)N(C)c1cc(C(=O)O)ccc1N. The topological polar surface area (TPSA) is 66.6 Å². The molecule has 0 aliphatic carbocycles. The van der Waals surface area contributed by atoms with Gasteiger partial charge in [-0.25, -0.2) is 4.79 Å². The summed E-state index contributed by atoms with van der Waals surface area (Å²) in [6.45, 7) is 1.99. The average molecular weight is 305 g/mol. The Bertz CT molecular complexity index is 673. The van der Waals surface area contributed by atoms with Crippen molar-refractivity contribution in [2.24, 2.45) is 0 Å². The number of hydrogen-bond donors (Lipinski definition) is 2. The van der Waals surface area contributed by atoms with Crippen molar-refractivity contribution in [2.75, 3.05) is 17.7 Å². The number of nitrogens with two attached hydrogens (primary N) is 1. The lowest BCUT2D eigenvalue weighted by Gasteiger charge is -2.29. The summed E-state index contributed by atoms with van der Waals surface area (Å²) < 4.78 is 0. The molecule has 4 nitrogen and oxygen atoms in total. The van der Waals surface area contributed by atoms with Crippen molar-refractivity contribution < 1.29 is 9.90 Å². The Balaban J connectivity index is 2.40. The quantitative estimate of drug-likeness (QED) is 0.843. The van der Waals surface area contributed by atoms with Crippen molar-refractivity contribution in [2.45, 2.75) is 13.0 Å². The third-order valence-corrected chi connectivity index (χ3v) is 3.94. The lowest BCUT2D eigenvalue weighted by Crippen LogP contribution is -2.23. The molecule has 0 aromatic heterocycles. The van der Waals surface area contributed by atoms with Crippen LogP contribution in [0, 0.1) is 0 Å². The van der Waals surface area contributed by atoms with Crippen LogP contribution in [-0.2, 0) is 0 Å². The fourth-order valence-electron chi connectivity index (χ4n) is 2.21. The summed E-state index contributed by atoms with van der Waals surface area (Å²) in [4.78, 5) is 13.0. The van der Waals surface area contributed by atoms with Crippen molar-refractivity contribution in [3.63, 3.8) is 0 Å². The predicted octanol–water partition coefficient (Wildman–Crippen LogP) is 3.82. The van der Waals surface area contributed by atoms with Crippen molar-refractivity contribution in [1.82, 2.24) is 0 Å². The van der Waals surface area contributed by atoms with Gasteiger partial charge in [-0.05, 0) is 36.8 Å². The molecule has 0 saturated heterocycles. The minimum absolute atomic E-state index is 0.0370. The first kappa shape index (κ1) is 15.2. The number of carboxylic acids is 1. The summed E-state index contributed by atoms with van der Waals surface area (Å²) >= 11 is 6.22. The zero-order chi connectivity index (χ0) is 15.6. The van der Waals surface area contributed by atoms with Crippen LogP contribution in [-0.4, -0.2) is 18.1 Å². The lowest BCUT2D eigenvalue weighted by atomic mass is 10.1. The maximum atomic E-state index is 11.1. The molecular formula is C16H17ClN2O2. The maximum absolute atomic E-state index is 11.1. The largest absolute Gasteiger partial charge is 0.478 e. The molecule has 110 valence electrons. The van der Waals surface area contributed by atoms with Crippen LogP contribution in [0.3, 0.4) is 0 Å². The van der Waals surface area contributed by atoms with E-state index in [1.807, 2.05) is 43.1 Å². The summed E-state index contributed by atoms with van der Waals surface area (Å²) in [5.41, 5.74) is 8.34. The molecule has 5 heteroatoms. The molecule has 3 N–H and O–H groups in total. The molecule has 0 saturated carbocycles. The number of carbonyl (C=O) groups is 1. The summed E-state index contributed by atoms with van der Waals surface area (Å²) in [6, 6.07) is 12.2. The number of anilines is 2. The van der Waals surface area contributed by atoms with Crippen molar-refractivity contribution in [1.29, 1.82) is 0 Å². The van der Waals surface area contributed by atoms with Crippen LogP contribution < -0.4 is 10.6 Å². The number of aromatic carboxylic acids is 1. The van der Waals surface area contributed by atoms with Crippen LogP contribution in [0.1, 0.15) is 28.9 Å². The summed E-state index contributed by atoms with van der Waals surface area (Å²) in [5, 5.41) is 9.77. The highest BCUT2D eigenvalue weighted by atomic mass is 35.5. The fourth-order valence-corrected chi connectivity index (χ4v) is 2.51. The Morgan fingerprint density at radius 3 is 2.57 bits per heavy atom. The van der Waals surface area contributed by atoms with Crippen LogP contribution in [0.15, 0.2) is 42.5 Å². The zero-order valence-corrected chi connectivity index (χ0v) is 12.6. The van der Waals surface area contributed by atoms with E-state index in [1.54, 1.807) is 12.1 Å². The van der Waals surface area contributed by atoms with E-state index in [9.17, 15) is 4.79 Å². The number of hydrogen-bond acceptors (Lipinski definition) is 3. The summed E-state index contributed by atoms with van der Waals surface area (Å²) in [5.74, 6) is -0.977. The molecule has 1 atom stereocenters. The Hall–Kier alpha value is -2.20. The molecule has 1 unspecified atom stereocenters. The lowest BCUT2D eigenvalue weighted by molar-refractivity contribution is 0.0697. The molecule has 0 fully saturated rings. The van der Waals surface area contributed by atoms with Crippen LogP contribution >= 0.6 is 11.6 Å². The zero-order valence-electron chi connectivity index (χ0n) is 11.9. The van der Waals surface area contributed by atoms with Crippen molar-refractivity contribution >= 4 is 28.9 Å². The van der Waals surface area contributed by atoms with Gasteiger partial charge in [0.15, 0.2) is 0 Å². The van der Waals surface area contributed by atoms with E-state index in [4.69, 9.17) is 22.4 Å². The van der Waals surface area contributed by atoms with Crippen LogP contribution in [0.2, 0.25) is 5.02 Å². The Morgan fingerprint density at radius 1 is 1.29 bits per heavy atom. The predicted molar refractivity (Wildman–Crippen MR) is 86.1 cm³/mol. The Morgan fingerprint density at radius 2 is 1.95 bits per heavy atom. The smallest absolute Gasteiger partial charge is 0.335 e. The first-order chi connectivity index (χ1) is 9.91. The molecular weight excluding hydrogens is 288 g/mol. The summed E-state index contributed by atoms with van der Waals surface area (Å²) in [7, 11) is 1.87. The number of nitrogens with zero attached hydrogens (tertiary/aromatic N) is 1. The van der Waals surface area contributed by atoms with Gasteiger partial charge in [-0.2, -0.15) is 0 Å². The van der Waals surface area contributed by atoms with E-state index >= 15 is 0 Å². The highest BCUT2D eigenvalue weighted by molar-refractivity contribution is 6.31. The van der Waals surface area contributed by atoms with Crippen molar-refractivity contribution in [3.8, 4) is 0 Å². The number of rotatable bonds is 4. The second-order valence-corrected chi connectivity index (χ2v) is 5.29. The third kappa shape index (κ3) is 3.11. The molecule has 0 spiro atoms. The molecule has 2 rings (SSSR count). The minimum Gasteiger partial charge on any atom is -0.478 e. The van der Waals surface area contributed by atoms with Gasteiger partial charge in [-0.15, -0.1) is 0 Å². The van der Waals surface area contributed by atoms with Gasteiger partial charge >= 0.3 is 5.97 Å². The highest BCUT2D eigenvalue weighted by Gasteiger charge is 2.18. The number of benzene rings is 2. The Kier molecular flexibility index (Phi) is 4.38. The first-order valence-corrected chi connectivity index (χ1v) is 6.89. The standard InChI is InChI=1S/C16H17ClN2O2/c1-10(12-5-3-4-6-13(12)17)19(2)15-9-11(16(20)21)7-8-14(15)18/h3-10H,18H2,1-2H3,(H,20,21). The van der Waals surface area contributed by atoms with E-state index < -0.39 is 5.97 Å². The normalized spacial score (nSPS) is 12.0. The minimum atomic E-state index is -0.977. The fraction of sp³-hybridized carbons (Fsp3) is 0.188. The van der Waals surface area contributed by atoms with E-state index in [-0.39, 0.29) is 11.6 Å². The molecule has 0 bridgehead atoms. The van der Waals surface area contributed by atoms with Gasteiger partial charge in [0.05, 0.1) is 23.0 Å². The van der Waals surface area contributed by atoms with E-state index in [2.05, 4.69) is 0 Å². The molecule has 0 amide bonds. The molecule has 0 aliphatic rings. The monoisotopic (exact) mass is 304 g/mol. The second kappa shape index (κ2) is 6.06. The third-order valence-electron chi connectivity index (χ3n) is 3.59. The van der Waals surface area contributed by atoms with Gasteiger partial charge in [0.2, 0.25) is 0 Å². The molecule has 0 aliphatic heterocycles. The molecule has 0 radical (unpaired) electrons. The van der Waals surface area contributed by atoms with E-state index in [1.165, 1.54) is 6.07 Å². The van der Waals surface area contributed by atoms with E-state index in [0.717, 1.165) is 5.56 Å². The second-order valence-electron chi connectivity index (χ2n) is 4.89.